The number of rotatable bonds is 2. The van der Waals surface area contributed by atoms with Crippen LogP contribution >= 0.6 is 11.6 Å². The van der Waals surface area contributed by atoms with Crippen molar-refractivity contribution < 1.29 is 4.79 Å². The van der Waals surface area contributed by atoms with Crippen LogP contribution in [0.1, 0.15) is 10.5 Å². The molecule has 1 heterocycles. The molecule has 0 amide bonds. The molecule has 1 aromatic carbocycles. The number of pyridine rings is 1. The Morgan fingerprint density at radius 2 is 1.93 bits per heavy atom. The van der Waals surface area contributed by atoms with E-state index in [0.29, 0.717) is 17.0 Å². The third-order valence-electron chi connectivity index (χ3n) is 2.08. The second-order valence-electron chi connectivity index (χ2n) is 3.07. The summed E-state index contributed by atoms with van der Waals surface area (Å²) in [7, 11) is 0. The van der Waals surface area contributed by atoms with E-state index >= 15 is 0 Å². The fraction of sp³-hybridized carbons (Fsp3) is 0. The van der Waals surface area contributed by atoms with Crippen LogP contribution in [0.2, 0.25) is 5.02 Å². The molecule has 2 nitrogen and oxygen atoms in total. The van der Waals surface area contributed by atoms with Gasteiger partial charge in [0.15, 0.2) is 6.29 Å². The molecule has 0 saturated heterocycles. The lowest BCUT2D eigenvalue weighted by atomic mass is 10.1. The first-order valence-electron chi connectivity index (χ1n) is 4.47. The molecule has 0 unspecified atom stereocenters. The van der Waals surface area contributed by atoms with Crippen molar-refractivity contribution in [1.82, 2.24) is 4.98 Å². The highest BCUT2D eigenvalue weighted by Crippen LogP contribution is 2.26. The van der Waals surface area contributed by atoms with Gasteiger partial charge in [0, 0.05) is 11.8 Å². The smallest absolute Gasteiger partial charge is 0.168 e. The van der Waals surface area contributed by atoms with Gasteiger partial charge in [0.1, 0.15) is 5.69 Å². The van der Waals surface area contributed by atoms with Crippen LogP contribution in [0.4, 0.5) is 0 Å². The fourth-order valence-corrected chi connectivity index (χ4v) is 1.61. The second kappa shape index (κ2) is 4.24. The van der Waals surface area contributed by atoms with Crippen molar-refractivity contribution in [1.29, 1.82) is 0 Å². The van der Waals surface area contributed by atoms with Crippen LogP contribution < -0.4 is 0 Å². The normalized spacial score (nSPS) is 9.93. The summed E-state index contributed by atoms with van der Waals surface area (Å²) in [5.41, 5.74) is 2.18. The number of carbonyl (C=O) groups is 1. The zero-order chi connectivity index (χ0) is 10.7. The summed E-state index contributed by atoms with van der Waals surface area (Å²) < 4.78 is 0. The topological polar surface area (TPSA) is 30.0 Å². The molecule has 1 aromatic heterocycles. The number of aldehydes is 1. The minimum Gasteiger partial charge on any atom is -0.296 e. The average molecular weight is 218 g/mol. The maximum absolute atomic E-state index is 10.5. The Balaban J connectivity index is 2.51. The van der Waals surface area contributed by atoms with Crippen LogP contribution in [-0.4, -0.2) is 11.3 Å². The van der Waals surface area contributed by atoms with Gasteiger partial charge in [0.05, 0.1) is 5.02 Å². The molecule has 74 valence electrons. The predicted octanol–water partition coefficient (Wildman–Crippen LogP) is 3.21. The SMILES string of the molecule is O=Cc1cc(Cl)c(-c2ccccc2)cn1. The molecule has 0 fully saturated rings. The zero-order valence-electron chi connectivity index (χ0n) is 7.85. The van der Waals surface area contributed by atoms with E-state index in [4.69, 9.17) is 11.6 Å². The average Bonchev–Trinajstić information content (AvgIpc) is 2.30. The number of halogens is 1. The number of benzene rings is 1. The van der Waals surface area contributed by atoms with Crippen LogP contribution in [0.3, 0.4) is 0 Å². The first-order valence-corrected chi connectivity index (χ1v) is 4.85. The first-order chi connectivity index (χ1) is 7.31. The van der Waals surface area contributed by atoms with Gasteiger partial charge < -0.3 is 0 Å². The lowest BCUT2D eigenvalue weighted by Crippen LogP contribution is -1.88. The Bertz CT molecular complexity index is 482. The Morgan fingerprint density at radius 3 is 2.53 bits per heavy atom. The van der Waals surface area contributed by atoms with E-state index in [2.05, 4.69) is 4.98 Å². The molecule has 2 aromatic rings. The van der Waals surface area contributed by atoms with E-state index < -0.39 is 0 Å². The van der Waals surface area contributed by atoms with Gasteiger partial charge in [-0.05, 0) is 11.6 Å². The fourth-order valence-electron chi connectivity index (χ4n) is 1.34. The van der Waals surface area contributed by atoms with Crippen molar-refractivity contribution in [2.75, 3.05) is 0 Å². The van der Waals surface area contributed by atoms with Crippen molar-refractivity contribution in [3.8, 4) is 11.1 Å². The van der Waals surface area contributed by atoms with Gasteiger partial charge in [0.2, 0.25) is 0 Å². The molecule has 0 atom stereocenters. The number of hydrogen-bond donors (Lipinski definition) is 0. The Kier molecular flexibility index (Phi) is 2.79. The van der Waals surface area contributed by atoms with Crippen molar-refractivity contribution >= 4 is 17.9 Å². The monoisotopic (exact) mass is 217 g/mol. The van der Waals surface area contributed by atoms with E-state index in [1.54, 1.807) is 12.3 Å². The molecule has 0 N–H and O–H groups in total. The Morgan fingerprint density at radius 1 is 1.20 bits per heavy atom. The molecule has 2 rings (SSSR count). The zero-order valence-corrected chi connectivity index (χ0v) is 8.61. The summed E-state index contributed by atoms with van der Waals surface area (Å²) in [5.74, 6) is 0. The third-order valence-corrected chi connectivity index (χ3v) is 2.39. The molecule has 0 radical (unpaired) electrons. The quantitative estimate of drug-likeness (QED) is 0.723. The van der Waals surface area contributed by atoms with Crippen molar-refractivity contribution in [3.05, 3.63) is 53.3 Å². The summed E-state index contributed by atoms with van der Waals surface area (Å²) in [6.07, 6.45) is 2.29. The molecule has 0 bridgehead atoms. The predicted molar refractivity (Wildman–Crippen MR) is 60.1 cm³/mol. The molecular formula is C12H8ClNO. The van der Waals surface area contributed by atoms with E-state index in [9.17, 15) is 4.79 Å². The van der Waals surface area contributed by atoms with E-state index in [-0.39, 0.29) is 0 Å². The molecule has 0 aliphatic carbocycles. The summed E-state index contributed by atoms with van der Waals surface area (Å²) in [5, 5.41) is 0.540. The van der Waals surface area contributed by atoms with E-state index in [1.807, 2.05) is 30.3 Å². The van der Waals surface area contributed by atoms with Crippen molar-refractivity contribution in [2.45, 2.75) is 0 Å². The maximum atomic E-state index is 10.5. The van der Waals surface area contributed by atoms with E-state index in [0.717, 1.165) is 11.1 Å². The second-order valence-corrected chi connectivity index (χ2v) is 3.48. The minimum absolute atomic E-state index is 0.347. The number of carbonyl (C=O) groups excluding carboxylic acids is 1. The van der Waals surface area contributed by atoms with Crippen LogP contribution in [0, 0.1) is 0 Å². The van der Waals surface area contributed by atoms with Gasteiger partial charge in [-0.2, -0.15) is 0 Å². The summed E-state index contributed by atoms with van der Waals surface area (Å²) >= 11 is 6.04. The summed E-state index contributed by atoms with van der Waals surface area (Å²) in [6, 6.07) is 11.3. The lowest BCUT2D eigenvalue weighted by molar-refractivity contribution is 0.111. The lowest BCUT2D eigenvalue weighted by Gasteiger charge is -2.03. The third kappa shape index (κ3) is 2.05. The Labute approximate surface area is 92.5 Å². The largest absolute Gasteiger partial charge is 0.296 e. The van der Waals surface area contributed by atoms with Crippen LogP contribution in [0.25, 0.3) is 11.1 Å². The standard InChI is InChI=1S/C12H8ClNO/c13-12-6-10(8-15)14-7-11(12)9-4-2-1-3-5-9/h1-8H. The number of hydrogen-bond acceptors (Lipinski definition) is 2. The molecule has 15 heavy (non-hydrogen) atoms. The first kappa shape index (κ1) is 9.87. The highest BCUT2D eigenvalue weighted by Gasteiger charge is 2.04. The van der Waals surface area contributed by atoms with Crippen molar-refractivity contribution in [2.24, 2.45) is 0 Å². The van der Waals surface area contributed by atoms with Crippen LogP contribution in [0.5, 0.6) is 0 Å². The van der Waals surface area contributed by atoms with Crippen LogP contribution in [-0.2, 0) is 0 Å². The van der Waals surface area contributed by atoms with Gasteiger partial charge in [-0.3, -0.25) is 9.78 Å². The number of aromatic nitrogens is 1. The molecule has 0 saturated carbocycles. The van der Waals surface area contributed by atoms with Gasteiger partial charge in [-0.15, -0.1) is 0 Å². The molecule has 0 aliphatic rings. The summed E-state index contributed by atoms with van der Waals surface area (Å²) in [4.78, 5) is 14.5. The summed E-state index contributed by atoms with van der Waals surface area (Å²) in [6.45, 7) is 0. The van der Waals surface area contributed by atoms with Gasteiger partial charge >= 0.3 is 0 Å². The molecule has 3 heteroatoms. The van der Waals surface area contributed by atoms with Gasteiger partial charge in [-0.1, -0.05) is 41.9 Å². The number of nitrogens with zero attached hydrogens (tertiary/aromatic N) is 1. The van der Waals surface area contributed by atoms with Crippen LogP contribution in [0.15, 0.2) is 42.6 Å². The van der Waals surface area contributed by atoms with Gasteiger partial charge in [-0.25, -0.2) is 0 Å². The highest BCUT2D eigenvalue weighted by atomic mass is 35.5. The molecule has 0 aliphatic heterocycles. The molecule has 0 spiro atoms. The van der Waals surface area contributed by atoms with Gasteiger partial charge in [0.25, 0.3) is 0 Å². The highest BCUT2D eigenvalue weighted by molar-refractivity contribution is 6.33. The maximum Gasteiger partial charge on any atom is 0.168 e. The van der Waals surface area contributed by atoms with Crippen molar-refractivity contribution in [3.63, 3.8) is 0 Å². The minimum atomic E-state index is 0.347. The molecular weight excluding hydrogens is 210 g/mol. The Hall–Kier alpha value is -1.67. The van der Waals surface area contributed by atoms with E-state index in [1.165, 1.54) is 0 Å².